The van der Waals surface area contributed by atoms with Crippen LogP contribution in [0, 0.1) is 25.7 Å². The molecule has 3 aliphatic carbocycles. The number of nitrogens with zero attached hydrogens (tertiary/aromatic N) is 9. The number of benzene rings is 1. The Bertz CT molecular complexity index is 2700. The number of anilines is 2. The SMILES string of the molecule is COc1ncc(O[C@@H]2CCN(c3nnc(C(=O)NCc4ccncc4)cc3C)C[C@@H]2F)cc1C1C2CC(NC(=O)c3cc(C)c(N4CCC(Oc5ccc6[nH]ncc6c5)CC4)nn3)CC1C2. The van der Waals surface area contributed by atoms with Gasteiger partial charge in [0.15, 0.2) is 29.2 Å². The van der Waals surface area contributed by atoms with Gasteiger partial charge in [0.2, 0.25) is 5.88 Å². The lowest BCUT2D eigenvalue weighted by molar-refractivity contribution is 0.0421. The molecular formula is C48H53FN12O5. The van der Waals surface area contributed by atoms with Crippen molar-refractivity contribution in [1.82, 2.24) is 51.2 Å². The van der Waals surface area contributed by atoms with Crippen LogP contribution in [0.3, 0.4) is 0 Å². The number of pyridine rings is 2. The maximum absolute atomic E-state index is 15.9. The zero-order valence-corrected chi connectivity index (χ0v) is 37.2. The molecule has 3 N–H and O–H groups in total. The topological polar surface area (TPSA) is 198 Å². The van der Waals surface area contributed by atoms with Gasteiger partial charge < -0.3 is 34.6 Å². The highest BCUT2D eigenvalue weighted by Crippen LogP contribution is 2.57. The lowest BCUT2D eigenvalue weighted by Crippen LogP contribution is -2.50. The molecule has 342 valence electrons. The number of methoxy groups -OCH3 is 1. The molecule has 2 amide bonds. The summed E-state index contributed by atoms with van der Waals surface area (Å²) in [7, 11) is 1.61. The normalized spacial score (nSPS) is 22.9. The smallest absolute Gasteiger partial charge is 0.272 e. The van der Waals surface area contributed by atoms with E-state index in [-0.39, 0.29) is 42.1 Å². The van der Waals surface area contributed by atoms with Crippen molar-refractivity contribution in [3.8, 4) is 17.4 Å². The van der Waals surface area contributed by atoms with Gasteiger partial charge in [0.1, 0.15) is 23.7 Å². The first-order valence-electron chi connectivity index (χ1n) is 22.8. The van der Waals surface area contributed by atoms with Gasteiger partial charge in [0.05, 0.1) is 31.6 Å². The second-order valence-corrected chi connectivity index (χ2v) is 18.0. The number of carbonyl (C=O) groups excluding carboxylic acids is 2. The molecule has 2 unspecified atom stereocenters. The van der Waals surface area contributed by atoms with Crippen LogP contribution in [0.15, 0.2) is 73.3 Å². The van der Waals surface area contributed by atoms with Gasteiger partial charge in [0, 0.05) is 74.8 Å². The summed E-state index contributed by atoms with van der Waals surface area (Å²) in [6.45, 7) is 6.29. The Morgan fingerprint density at radius 3 is 2.23 bits per heavy atom. The molecule has 4 atom stereocenters. The molecule has 5 fully saturated rings. The number of aromatic nitrogens is 8. The van der Waals surface area contributed by atoms with E-state index < -0.39 is 12.3 Å². The van der Waals surface area contributed by atoms with Crippen LogP contribution in [0.1, 0.15) is 87.7 Å². The molecule has 2 saturated heterocycles. The summed E-state index contributed by atoms with van der Waals surface area (Å²) < 4.78 is 34.2. The van der Waals surface area contributed by atoms with Crippen LogP contribution in [-0.4, -0.2) is 110 Å². The van der Waals surface area contributed by atoms with E-state index in [2.05, 4.69) is 56.1 Å². The molecule has 2 aliphatic heterocycles. The number of halogens is 1. The Morgan fingerprint density at radius 1 is 0.803 bits per heavy atom. The molecule has 3 saturated carbocycles. The van der Waals surface area contributed by atoms with Crippen LogP contribution in [0.2, 0.25) is 0 Å². The number of piperidine rings is 2. The number of hydrogen-bond acceptors (Lipinski definition) is 14. The van der Waals surface area contributed by atoms with Crippen LogP contribution in [0.4, 0.5) is 16.0 Å². The van der Waals surface area contributed by atoms with Crippen LogP contribution >= 0.6 is 0 Å². The molecule has 17 nitrogen and oxygen atoms in total. The average molecular weight is 897 g/mol. The van der Waals surface area contributed by atoms with Crippen LogP contribution < -0.4 is 34.6 Å². The summed E-state index contributed by atoms with van der Waals surface area (Å²) in [5.41, 5.74) is 5.00. The molecular weight excluding hydrogens is 844 g/mol. The fourth-order valence-corrected chi connectivity index (χ4v) is 10.3. The van der Waals surface area contributed by atoms with Gasteiger partial charge in [-0.15, -0.1) is 20.4 Å². The molecule has 1 aromatic carbocycles. The number of nitrogens with one attached hydrogen (secondary N) is 3. The van der Waals surface area contributed by atoms with E-state index in [1.807, 2.05) is 61.2 Å². The van der Waals surface area contributed by atoms with Crippen molar-refractivity contribution in [3.05, 3.63) is 107 Å². The zero-order chi connectivity index (χ0) is 45.3. The number of ether oxygens (including phenoxy) is 3. The van der Waals surface area contributed by atoms with Crippen molar-refractivity contribution < 1.29 is 28.2 Å². The highest BCUT2D eigenvalue weighted by atomic mass is 19.1. The van der Waals surface area contributed by atoms with Gasteiger partial charge in [-0.1, -0.05) is 0 Å². The van der Waals surface area contributed by atoms with Crippen molar-refractivity contribution in [2.45, 2.75) is 89.3 Å². The number of carbonyl (C=O) groups is 2. The Labute approximate surface area is 381 Å². The first-order valence-corrected chi connectivity index (χ1v) is 22.8. The summed E-state index contributed by atoms with van der Waals surface area (Å²) in [6, 6.07) is 15.1. The van der Waals surface area contributed by atoms with E-state index in [4.69, 9.17) is 14.2 Å². The summed E-state index contributed by atoms with van der Waals surface area (Å²) >= 11 is 0. The van der Waals surface area contributed by atoms with Crippen molar-refractivity contribution in [1.29, 1.82) is 0 Å². The summed E-state index contributed by atoms with van der Waals surface area (Å²) in [4.78, 5) is 39.0. The minimum absolute atomic E-state index is 0.00248. The number of alkyl halides is 1. The van der Waals surface area contributed by atoms with Gasteiger partial charge in [-0.3, -0.25) is 19.7 Å². The van der Waals surface area contributed by atoms with Crippen molar-refractivity contribution in [2.24, 2.45) is 11.8 Å². The third kappa shape index (κ3) is 9.00. The quantitative estimate of drug-likeness (QED) is 0.125. The van der Waals surface area contributed by atoms with Gasteiger partial charge >= 0.3 is 0 Å². The second-order valence-electron chi connectivity index (χ2n) is 18.0. The van der Waals surface area contributed by atoms with Gasteiger partial charge in [-0.05, 0) is 116 Å². The van der Waals surface area contributed by atoms with E-state index in [1.54, 1.807) is 38.0 Å². The van der Waals surface area contributed by atoms with E-state index in [0.717, 1.165) is 89.9 Å². The Hall–Kier alpha value is -6.98. The first kappa shape index (κ1) is 42.9. The molecule has 5 aromatic heterocycles. The largest absolute Gasteiger partial charge is 0.490 e. The fourth-order valence-electron chi connectivity index (χ4n) is 10.3. The number of fused-ring (bicyclic) bond motifs is 3. The van der Waals surface area contributed by atoms with Crippen LogP contribution in [0.25, 0.3) is 10.9 Å². The molecule has 7 heterocycles. The number of rotatable bonds is 13. The molecule has 11 rings (SSSR count). The molecule has 5 aliphatic rings. The summed E-state index contributed by atoms with van der Waals surface area (Å²) in [5, 5.41) is 31.6. The van der Waals surface area contributed by atoms with Gasteiger partial charge in [-0.25, -0.2) is 9.37 Å². The molecule has 18 heteroatoms. The number of hydrogen-bond donors (Lipinski definition) is 3. The third-order valence-corrected chi connectivity index (χ3v) is 13.6. The second kappa shape index (κ2) is 18.5. The standard InChI is InChI=1S/C48H53FN12O5/c1-27-17-41(57-58-44(27)60-13-8-34(9-14-60)65-35-4-5-39-32(21-35)24-53-55-39)47(63)54-33-19-30-18-31(20-33)43(30)37-22-36(25-52-48(37)64-3)66-42-10-15-61(26-38(42)49)45-28(2)16-40(56-59-45)46(62)51-23-29-6-11-50-12-7-29/h4-7,11-12,16-17,21-22,24-25,30-31,33-34,38,42-43H,8-10,13-15,18-20,23,26H2,1-3H3,(H,51,62)(H,53,55)(H,54,63)/t30?,31?,33?,38-,42+,43?/m0/s1. The summed E-state index contributed by atoms with van der Waals surface area (Å²) in [5.74, 6) is 3.46. The Balaban J connectivity index is 0.705. The number of H-pyrrole nitrogens is 1. The summed E-state index contributed by atoms with van der Waals surface area (Å²) in [6.07, 6.45) is 9.63. The molecule has 0 radical (unpaired) electrons. The first-order chi connectivity index (χ1) is 32.1. The van der Waals surface area contributed by atoms with Crippen LogP contribution in [0.5, 0.6) is 17.4 Å². The van der Waals surface area contributed by atoms with E-state index in [9.17, 15) is 9.59 Å². The van der Waals surface area contributed by atoms with Crippen LogP contribution in [-0.2, 0) is 6.54 Å². The average Bonchev–Trinajstić information content (AvgIpc) is 3.80. The monoisotopic (exact) mass is 896 g/mol. The van der Waals surface area contributed by atoms with Gasteiger partial charge in [-0.2, -0.15) is 5.10 Å². The number of aryl methyl sites for hydroxylation is 2. The zero-order valence-electron chi connectivity index (χ0n) is 37.2. The predicted molar refractivity (Wildman–Crippen MR) is 243 cm³/mol. The lowest BCUT2D eigenvalue weighted by atomic mass is 9.54. The van der Waals surface area contributed by atoms with Crippen molar-refractivity contribution in [2.75, 3.05) is 43.1 Å². The van der Waals surface area contributed by atoms with E-state index in [0.29, 0.717) is 54.5 Å². The third-order valence-electron chi connectivity index (χ3n) is 13.6. The molecule has 2 bridgehead atoms. The molecule has 66 heavy (non-hydrogen) atoms. The maximum Gasteiger partial charge on any atom is 0.272 e. The lowest BCUT2D eigenvalue weighted by Gasteiger charge is -2.52. The van der Waals surface area contributed by atoms with E-state index >= 15 is 4.39 Å². The van der Waals surface area contributed by atoms with E-state index in [1.165, 1.54) is 0 Å². The van der Waals surface area contributed by atoms with Crippen molar-refractivity contribution >= 4 is 34.4 Å². The minimum Gasteiger partial charge on any atom is -0.490 e. The van der Waals surface area contributed by atoms with Gasteiger partial charge in [0.25, 0.3) is 11.8 Å². The molecule has 6 aromatic rings. The Kier molecular flexibility index (Phi) is 12.0. The van der Waals surface area contributed by atoms with Crippen molar-refractivity contribution in [3.63, 3.8) is 0 Å². The molecule has 0 spiro atoms. The number of aromatic amines is 1. The Morgan fingerprint density at radius 2 is 1.52 bits per heavy atom. The highest BCUT2D eigenvalue weighted by Gasteiger charge is 2.49. The highest BCUT2D eigenvalue weighted by molar-refractivity contribution is 5.93. The minimum atomic E-state index is -1.31. The predicted octanol–water partition coefficient (Wildman–Crippen LogP) is 5.84. The fraction of sp³-hybridized carbons (Fsp3) is 0.438. The maximum atomic E-state index is 15.9. The number of amides is 2.